The molecule has 1 N–H and O–H groups in total. The maximum atomic E-state index is 6.20. The zero-order valence-corrected chi connectivity index (χ0v) is 12.0. The van der Waals surface area contributed by atoms with E-state index in [1.165, 1.54) is 4.90 Å². The lowest BCUT2D eigenvalue weighted by atomic mass is 9.67. The summed E-state index contributed by atoms with van der Waals surface area (Å²) in [6, 6.07) is 11.1. The van der Waals surface area contributed by atoms with Crippen LogP contribution in [0.25, 0.3) is 0 Å². The Kier molecular flexibility index (Phi) is 4.40. The highest BCUT2D eigenvalue weighted by atomic mass is 35.5. The molecule has 1 saturated carbocycles. The van der Waals surface area contributed by atoms with Gasteiger partial charge in [0.2, 0.25) is 0 Å². The van der Waals surface area contributed by atoms with Crippen LogP contribution in [0.4, 0.5) is 0 Å². The van der Waals surface area contributed by atoms with E-state index >= 15 is 0 Å². The molecule has 3 heteroatoms. The van der Waals surface area contributed by atoms with Crippen LogP contribution < -0.4 is 5.32 Å². The Balaban J connectivity index is 1.65. The van der Waals surface area contributed by atoms with Gasteiger partial charge in [0.25, 0.3) is 0 Å². The van der Waals surface area contributed by atoms with E-state index in [9.17, 15) is 0 Å². The molecule has 1 aromatic carbocycles. The molecule has 17 heavy (non-hydrogen) atoms. The predicted octanol–water partition coefficient (Wildman–Crippen LogP) is 3.77. The largest absolute Gasteiger partial charge is 0.313 e. The fourth-order valence-electron chi connectivity index (χ4n) is 2.14. The fourth-order valence-corrected chi connectivity index (χ4v) is 3.27. The first-order chi connectivity index (χ1) is 8.10. The number of hydrogen-bond donors (Lipinski definition) is 1. The molecular weight excluding hydrogens is 250 g/mol. The smallest absolute Gasteiger partial charge is 0.0416 e. The summed E-state index contributed by atoms with van der Waals surface area (Å²) in [7, 11) is 0. The van der Waals surface area contributed by atoms with Gasteiger partial charge in [-0.15, -0.1) is 23.4 Å². The van der Waals surface area contributed by atoms with Crippen LogP contribution in [0.5, 0.6) is 0 Å². The number of hydrogen-bond acceptors (Lipinski definition) is 2. The molecule has 0 spiro atoms. The normalized spacial score (nSPS) is 26.5. The highest BCUT2D eigenvalue weighted by molar-refractivity contribution is 7.99. The Labute approximate surface area is 113 Å². The zero-order valence-electron chi connectivity index (χ0n) is 10.4. The maximum absolute atomic E-state index is 6.20. The number of thioether (sulfide) groups is 1. The summed E-state index contributed by atoms with van der Waals surface area (Å²) in [5, 5.41) is 3.94. The second kappa shape index (κ2) is 5.64. The van der Waals surface area contributed by atoms with Crippen molar-refractivity contribution in [1.29, 1.82) is 0 Å². The fraction of sp³-hybridized carbons (Fsp3) is 0.571. The van der Waals surface area contributed by atoms with Gasteiger partial charge in [-0.05, 0) is 24.0 Å². The van der Waals surface area contributed by atoms with Gasteiger partial charge >= 0.3 is 0 Å². The van der Waals surface area contributed by atoms with Crippen molar-refractivity contribution in [2.45, 2.75) is 36.6 Å². The lowest BCUT2D eigenvalue weighted by Gasteiger charge is -2.49. The van der Waals surface area contributed by atoms with E-state index in [4.69, 9.17) is 11.6 Å². The highest BCUT2D eigenvalue weighted by Gasteiger charge is 2.46. The molecule has 1 aliphatic rings. The first-order valence-electron chi connectivity index (χ1n) is 6.16. The molecule has 0 bridgehead atoms. The number of alkyl halides is 1. The number of halogens is 1. The summed E-state index contributed by atoms with van der Waals surface area (Å²) in [4.78, 5) is 1.34. The molecule has 0 aliphatic heterocycles. The first-order valence-corrected chi connectivity index (χ1v) is 7.58. The van der Waals surface area contributed by atoms with Crippen LogP contribution in [0.15, 0.2) is 35.2 Å². The van der Waals surface area contributed by atoms with E-state index in [1.54, 1.807) is 0 Å². The molecule has 1 fully saturated rings. The minimum atomic E-state index is 0.249. The number of rotatable bonds is 5. The molecule has 2 rings (SSSR count). The molecule has 0 amide bonds. The van der Waals surface area contributed by atoms with Crippen LogP contribution in [0.1, 0.15) is 20.3 Å². The van der Waals surface area contributed by atoms with Crippen molar-refractivity contribution in [3.8, 4) is 0 Å². The van der Waals surface area contributed by atoms with Crippen LogP contribution in [0, 0.1) is 5.41 Å². The molecular formula is C14H20ClNS. The third kappa shape index (κ3) is 3.18. The number of benzene rings is 1. The molecule has 1 aliphatic carbocycles. The van der Waals surface area contributed by atoms with Crippen molar-refractivity contribution in [2.75, 3.05) is 12.3 Å². The van der Waals surface area contributed by atoms with Gasteiger partial charge in [0.05, 0.1) is 0 Å². The van der Waals surface area contributed by atoms with E-state index in [0.717, 1.165) is 18.7 Å². The highest BCUT2D eigenvalue weighted by Crippen LogP contribution is 2.44. The Morgan fingerprint density at radius 1 is 1.35 bits per heavy atom. The summed E-state index contributed by atoms with van der Waals surface area (Å²) in [5.74, 6) is 1.11. The van der Waals surface area contributed by atoms with Gasteiger partial charge in [-0.1, -0.05) is 32.0 Å². The lowest BCUT2D eigenvalue weighted by Crippen LogP contribution is -2.58. The third-order valence-electron chi connectivity index (χ3n) is 3.65. The molecule has 0 heterocycles. The van der Waals surface area contributed by atoms with E-state index < -0.39 is 0 Å². The van der Waals surface area contributed by atoms with Crippen molar-refractivity contribution in [3.05, 3.63) is 30.3 Å². The Hall–Kier alpha value is -0.180. The van der Waals surface area contributed by atoms with Gasteiger partial charge in [0, 0.05) is 28.6 Å². The molecule has 94 valence electrons. The van der Waals surface area contributed by atoms with Crippen molar-refractivity contribution >= 4 is 23.4 Å². The van der Waals surface area contributed by atoms with Gasteiger partial charge < -0.3 is 5.32 Å². The first kappa shape index (κ1) is 13.3. The van der Waals surface area contributed by atoms with Crippen molar-refractivity contribution in [3.63, 3.8) is 0 Å². The molecule has 0 radical (unpaired) electrons. The predicted molar refractivity (Wildman–Crippen MR) is 77.0 cm³/mol. The third-order valence-corrected chi connectivity index (χ3v) is 5.41. The molecule has 1 nitrogen and oxygen atoms in total. The monoisotopic (exact) mass is 269 g/mol. The zero-order chi connectivity index (χ0) is 12.3. The average Bonchev–Trinajstić information content (AvgIpc) is 2.34. The summed E-state index contributed by atoms with van der Waals surface area (Å²) < 4.78 is 0. The van der Waals surface area contributed by atoms with Crippen molar-refractivity contribution in [2.24, 2.45) is 5.41 Å². The Morgan fingerprint density at radius 3 is 2.65 bits per heavy atom. The number of nitrogens with one attached hydrogen (secondary N) is 1. The van der Waals surface area contributed by atoms with E-state index in [1.807, 2.05) is 11.8 Å². The average molecular weight is 270 g/mol. The van der Waals surface area contributed by atoms with Gasteiger partial charge in [-0.2, -0.15) is 0 Å². The van der Waals surface area contributed by atoms with Crippen LogP contribution in [-0.4, -0.2) is 23.7 Å². The Morgan fingerprint density at radius 2 is 2.06 bits per heavy atom. The molecule has 2 atom stereocenters. The van der Waals surface area contributed by atoms with Gasteiger partial charge in [-0.3, -0.25) is 0 Å². The second-order valence-electron chi connectivity index (χ2n) is 5.19. The second-order valence-corrected chi connectivity index (χ2v) is 6.89. The standard InChI is InChI=1S/C14H20ClNS/c1-14(2)12(15)10-13(14)16-8-9-17-11-6-4-3-5-7-11/h3-7,12-13,16H,8-10H2,1-2H3. The van der Waals surface area contributed by atoms with Crippen LogP contribution in [-0.2, 0) is 0 Å². The molecule has 2 unspecified atom stereocenters. The van der Waals surface area contributed by atoms with E-state index in [2.05, 4.69) is 49.5 Å². The molecule has 0 aromatic heterocycles. The van der Waals surface area contributed by atoms with Crippen LogP contribution in [0.3, 0.4) is 0 Å². The van der Waals surface area contributed by atoms with E-state index in [-0.39, 0.29) is 5.41 Å². The SMILES string of the molecule is CC1(C)C(Cl)CC1NCCSc1ccccc1. The van der Waals surface area contributed by atoms with Crippen LogP contribution in [0.2, 0.25) is 0 Å². The van der Waals surface area contributed by atoms with Gasteiger partial charge in [0.15, 0.2) is 0 Å². The van der Waals surface area contributed by atoms with Crippen molar-refractivity contribution < 1.29 is 0 Å². The van der Waals surface area contributed by atoms with Gasteiger partial charge in [0.1, 0.15) is 0 Å². The van der Waals surface area contributed by atoms with Gasteiger partial charge in [-0.25, -0.2) is 0 Å². The summed E-state index contributed by atoms with van der Waals surface area (Å²) in [6.07, 6.45) is 1.10. The lowest BCUT2D eigenvalue weighted by molar-refractivity contribution is 0.119. The minimum absolute atomic E-state index is 0.249. The summed E-state index contributed by atoms with van der Waals surface area (Å²) >= 11 is 8.10. The summed E-state index contributed by atoms with van der Waals surface area (Å²) in [6.45, 7) is 5.55. The van der Waals surface area contributed by atoms with E-state index in [0.29, 0.717) is 11.4 Å². The summed E-state index contributed by atoms with van der Waals surface area (Å²) in [5.41, 5.74) is 0.249. The molecule has 0 saturated heterocycles. The van der Waals surface area contributed by atoms with Crippen molar-refractivity contribution in [1.82, 2.24) is 5.32 Å². The Bertz CT molecular complexity index is 352. The quantitative estimate of drug-likeness (QED) is 0.496. The topological polar surface area (TPSA) is 12.0 Å². The maximum Gasteiger partial charge on any atom is 0.0416 e. The minimum Gasteiger partial charge on any atom is -0.313 e. The van der Waals surface area contributed by atoms with Crippen LogP contribution >= 0.6 is 23.4 Å². The molecule has 1 aromatic rings.